The lowest BCUT2D eigenvalue weighted by atomic mass is 10.1. The van der Waals surface area contributed by atoms with Crippen LogP contribution in [0.3, 0.4) is 0 Å². The molecule has 9 nitrogen and oxygen atoms in total. The Morgan fingerprint density at radius 2 is 1.86 bits per heavy atom. The number of hydrogen-bond donors (Lipinski definition) is 1. The first-order valence-electron chi connectivity index (χ1n) is 8.65. The first-order valence-corrected chi connectivity index (χ1v) is 10.3. The SMILES string of the molecule is CCOC(=O)c1sc(NC(=O)c2cnn3cc(Br)cnc23)c(C(=O)OCC)c1C. The van der Waals surface area contributed by atoms with Crippen LogP contribution in [0.4, 0.5) is 5.00 Å². The van der Waals surface area contributed by atoms with Crippen LogP contribution >= 0.6 is 27.3 Å². The fourth-order valence-corrected chi connectivity index (χ4v) is 4.00. The Balaban J connectivity index is 2.00. The van der Waals surface area contributed by atoms with Gasteiger partial charge >= 0.3 is 11.9 Å². The summed E-state index contributed by atoms with van der Waals surface area (Å²) >= 11 is 4.25. The summed E-state index contributed by atoms with van der Waals surface area (Å²) in [6.07, 6.45) is 4.59. The standard InChI is InChI=1S/C18H17BrN4O5S/c1-4-27-17(25)12-9(3)13(18(26)28-5-2)29-16(12)22-15(24)11-7-21-23-8-10(19)6-20-14(11)23/h6-8H,4-5H2,1-3H3,(H,22,24). The Kier molecular flexibility index (Phi) is 6.28. The van der Waals surface area contributed by atoms with Gasteiger partial charge in [-0.1, -0.05) is 0 Å². The molecule has 0 aliphatic heterocycles. The van der Waals surface area contributed by atoms with E-state index in [0.717, 1.165) is 11.3 Å². The lowest BCUT2D eigenvalue weighted by Crippen LogP contribution is -2.15. The van der Waals surface area contributed by atoms with E-state index >= 15 is 0 Å². The summed E-state index contributed by atoms with van der Waals surface area (Å²) < 4.78 is 12.3. The molecule has 0 bridgehead atoms. The van der Waals surface area contributed by atoms with Crippen LogP contribution in [0.5, 0.6) is 0 Å². The zero-order valence-electron chi connectivity index (χ0n) is 15.8. The van der Waals surface area contributed by atoms with E-state index in [9.17, 15) is 14.4 Å². The second-order valence-electron chi connectivity index (χ2n) is 5.75. The highest BCUT2D eigenvalue weighted by molar-refractivity contribution is 9.10. The fraction of sp³-hybridized carbons (Fsp3) is 0.278. The van der Waals surface area contributed by atoms with Crippen LogP contribution in [0.2, 0.25) is 0 Å². The number of nitrogens with one attached hydrogen (secondary N) is 1. The van der Waals surface area contributed by atoms with E-state index in [-0.39, 0.29) is 34.2 Å². The van der Waals surface area contributed by atoms with Gasteiger partial charge in [-0.3, -0.25) is 4.79 Å². The van der Waals surface area contributed by atoms with Crippen molar-refractivity contribution in [3.8, 4) is 0 Å². The molecule has 0 saturated carbocycles. The number of amides is 1. The zero-order valence-corrected chi connectivity index (χ0v) is 18.2. The van der Waals surface area contributed by atoms with Crippen LogP contribution in [0.25, 0.3) is 5.65 Å². The van der Waals surface area contributed by atoms with E-state index in [1.807, 2.05) is 0 Å². The molecule has 0 spiro atoms. The van der Waals surface area contributed by atoms with Crippen LogP contribution < -0.4 is 5.32 Å². The first kappa shape index (κ1) is 20.9. The first-order chi connectivity index (χ1) is 13.9. The van der Waals surface area contributed by atoms with Gasteiger partial charge in [0, 0.05) is 12.4 Å². The molecule has 1 N–H and O–H groups in total. The Bertz CT molecular complexity index is 1110. The Morgan fingerprint density at radius 3 is 2.55 bits per heavy atom. The zero-order chi connectivity index (χ0) is 21.1. The van der Waals surface area contributed by atoms with Gasteiger partial charge in [-0.2, -0.15) is 5.10 Å². The normalized spacial score (nSPS) is 10.8. The number of carbonyl (C=O) groups excluding carboxylic acids is 3. The fourth-order valence-electron chi connectivity index (χ4n) is 2.62. The third-order valence-electron chi connectivity index (χ3n) is 3.88. The number of ether oxygens (including phenoxy) is 2. The van der Waals surface area contributed by atoms with Crippen molar-refractivity contribution in [3.63, 3.8) is 0 Å². The topological polar surface area (TPSA) is 112 Å². The molecule has 0 aliphatic carbocycles. The number of fused-ring (bicyclic) bond motifs is 1. The maximum atomic E-state index is 12.8. The maximum Gasteiger partial charge on any atom is 0.348 e. The molecule has 29 heavy (non-hydrogen) atoms. The van der Waals surface area contributed by atoms with E-state index < -0.39 is 17.8 Å². The Morgan fingerprint density at radius 1 is 1.17 bits per heavy atom. The summed E-state index contributed by atoms with van der Waals surface area (Å²) in [5, 5.41) is 6.99. The van der Waals surface area contributed by atoms with Crippen molar-refractivity contribution in [2.24, 2.45) is 0 Å². The number of halogens is 1. The number of esters is 2. The average Bonchev–Trinajstić information content (AvgIpc) is 3.22. The second-order valence-corrected chi connectivity index (χ2v) is 7.69. The minimum Gasteiger partial charge on any atom is -0.462 e. The van der Waals surface area contributed by atoms with Crippen molar-refractivity contribution in [1.29, 1.82) is 0 Å². The molecule has 0 radical (unpaired) electrons. The molecule has 0 aromatic carbocycles. The minimum atomic E-state index is -0.631. The Labute approximate surface area is 178 Å². The van der Waals surface area contributed by atoms with E-state index in [2.05, 4.69) is 31.3 Å². The number of hydrogen-bond acceptors (Lipinski definition) is 8. The highest BCUT2D eigenvalue weighted by Crippen LogP contribution is 2.34. The molecule has 3 aromatic heterocycles. The van der Waals surface area contributed by atoms with Crippen LogP contribution in [0, 0.1) is 6.92 Å². The van der Waals surface area contributed by atoms with Gasteiger partial charge in [0.2, 0.25) is 0 Å². The molecule has 0 aliphatic rings. The third-order valence-corrected chi connectivity index (χ3v) is 5.48. The number of anilines is 1. The number of carbonyl (C=O) groups is 3. The number of nitrogens with zero attached hydrogens (tertiary/aromatic N) is 3. The molecule has 3 heterocycles. The van der Waals surface area contributed by atoms with E-state index in [0.29, 0.717) is 15.7 Å². The smallest absolute Gasteiger partial charge is 0.348 e. The van der Waals surface area contributed by atoms with Crippen molar-refractivity contribution in [2.75, 3.05) is 18.5 Å². The predicted octanol–water partition coefficient (Wildman–Crippen LogP) is 3.47. The van der Waals surface area contributed by atoms with Gasteiger partial charge in [0.1, 0.15) is 15.4 Å². The summed E-state index contributed by atoms with van der Waals surface area (Å²) in [5.74, 6) is -1.71. The molecule has 11 heteroatoms. The summed E-state index contributed by atoms with van der Waals surface area (Å²) in [6.45, 7) is 5.32. The van der Waals surface area contributed by atoms with Crippen LogP contribution in [0.1, 0.15) is 49.8 Å². The van der Waals surface area contributed by atoms with Gasteiger partial charge in [0.05, 0.1) is 29.4 Å². The molecule has 0 fully saturated rings. The summed E-state index contributed by atoms with van der Waals surface area (Å²) in [7, 11) is 0. The van der Waals surface area contributed by atoms with E-state index in [4.69, 9.17) is 9.47 Å². The lowest BCUT2D eigenvalue weighted by Gasteiger charge is -2.06. The van der Waals surface area contributed by atoms with Gasteiger partial charge < -0.3 is 14.8 Å². The molecular weight excluding hydrogens is 464 g/mol. The second kappa shape index (κ2) is 8.70. The van der Waals surface area contributed by atoms with Crippen molar-refractivity contribution >= 4 is 55.8 Å². The molecular formula is C18H17BrN4O5S. The summed E-state index contributed by atoms with van der Waals surface area (Å²) in [4.78, 5) is 41.9. The quantitative estimate of drug-likeness (QED) is 0.537. The number of rotatable bonds is 6. The van der Waals surface area contributed by atoms with Crippen LogP contribution in [-0.4, -0.2) is 45.7 Å². The summed E-state index contributed by atoms with van der Waals surface area (Å²) in [5.41, 5.74) is 1.09. The van der Waals surface area contributed by atoms with Crippen molar-refractivity contribution in [3.05, 3.63) is 44.6 Å². The third kappa shape index (κ3) is 4.15. The van der Waals surface area contributed by atoms with Crippen molar-refractivity contribution in [2.45, 2.75) is 20.8 Å². The summed E-state index contributed by atoms with van der Waals surface area (Å²) in [6, 6.07) is 0. The van der Waals surface area contributed by atoms with Crippen molar-refractivity contribution < 1.29 is 23.9 Å². The molecule has 0 unspecified atom stereocenters. The lowest BCUT2D eigenvalue weighted by molar-refractivity contribution is 0.0527. The van der Waals surface area contributed by atoms with E-state index in [1.165, 1.54) is 10.7 Å². The minimum absolute atomic E-state index is 0.125. The van der Waals surface area contributed by atoms with Gasteiger partial charge in [0.25, 0.3) is 5.91 Å². The molecule has 0 saturated heterocycles. The predicted molar refractivity (Wildman–Crippen MR) is 110 cm³/mol. The monoisotopic (exact) mass is 480 g/mol. The maximum absolute atomic E-state index is 12.8. The molecule has 152 valence electrons. The van der Waals surface area contributed by atoms with Gasteiger partial charge in [-0.05, 0) is 42.3 Å². The van der Waals surface area contributed by atoms with E-state index in [1.54, 1.807) is 33.2 Å². The highest BCUT2D eigenvalue weighted by Gasteiger charge is 2.28. The largest absolute Gasteiger partial charge is 0.462 e. The van der Waals surface area contributed by atoms with Crippen LogP contribution in [-0.2, 0) is 9.47 Å². The van der Waals surface area contributed by atoms with Crippen molar-refractivity contribution in [1.82, 2.24) is 14.6 Å². The molecule has 3 aromatic rings. The van der Waals surface area contributed by atoms with Gasteiger partial charge in [0.15, 0.2) is 5.65 Å². The molecule has 1 amide bonds. The Hall–Kier alpha value is -2.79. The number of thiophene rings is 1. The average molecular weight is 481 g/mol. The number of aromatic nitrogens is 3. The highest BCUT2D eigenvalue weighted by atomic mass is 79.9. The van der Waals surface area contributed by atoms with Gasteiger partial charge in [-0.15, -0.1) is 11.3 Å². The van der Waals surface area contributed by atoms with Crippen LogP contribution in [0.15, 0.2) is 23.1 Å². The van der Waals surface area contributed by atoms with Gasteiger partial charge in [-0.25, -0.2) is 19.1 Å². The molecule has 3 rings (SSSR count). The molecule has 0 atom stereocenters.